The van der Waals surface area contributed by atoms with Crippen LogP contribution in [0.4, 0.5) is 18.9 Å². The number of nitrogens with one attached hydrogen (secondary N) is 1. The molecule has 3 rings (SSSR count). The molecule has 0 bridgehead atoms. The van der Waals surface area contributed by atoms with E-state index in [4.69, 9.17) is 21.1 Å². The molecule has 0 saturated carbocycles. The summed E-state index contributed by atoms with van der Waals surface area (Å²) in [6.45, 7) is 0.896. The van der Waals surface area contributed by atoms with E-state index in [1.165, 1.54) is 24.3 Å². The number of fused-ring (bicyclic) bond motifs is 1. The third-order valence-corrected chi connectivity index (χ3v) is 3.88. The van der Waals surface area contributed by atoms with E-state index in [-0.39, 0.29) is 10.7 Å². The van der Waals surface area contributed by atoms with Crippen LogP contribution >= 0.6 is 11.6 Å². The lowest BCUT2D eigenvalue weighted by molar-refractivity contribution is -0.137. The average molecular weight is 372 g/mol. The molecule has 0 radical (unpaired) electrons. The maximum absolute atomic E-state index is 13.1. The Morgan fingerprint density at radius 1 is 1.08 bits per heavy atom. The summed E-state index contributed by atoms with van der Waals surface area (Å²) in [4.78, 5) is 12.3. The van der Waals surface area contributed by atoms with Gasteiger partial charge in [0.1, 0.15) is 0 Å². The van der Waals surface area contributed by atoms with E-state index in [0.717, 1.165) is 12.1 Å². The van der Waals surface area contributed by atoms with Crippen molar-refractivity contribution in [2.45, 2.75) is 12.6 Å². The topological polar surface area (TPSA) is 47.6 Å². The van der Waals surface area contributed by atoms with Gasteiger partial charge in [0.15, 0.2) is 11.5 Å². The van der Waals surface area contributed by atoms with Crippen molar-refractivity contribution in [3.63, 3.8) is 0 Å². The normalized spacial score (nSPS) is 13.9. The number of carbonyl (C=O) groups is 1. The molecule has 0 unspecified atom stereocenters. The van der Waals surface area contributed by atoms with Crippen molar-refractivity contribution < 1.29 is 27.4 Å². The highest BCUT2D eigenvalue weighted by Gasteiger charge is 2.35. The van der Waals surface area contributed by atoms with Crippen molar-refractivity contribution in [2.75, 3.05) is 18.5 Å². The molecule has 1 aliphatic rings. The summed E-state index contributed by atoms with van der Waals surface area (Å²) >= 11 is 6.10. The highest BCUT2D eigenvalue weighted by Crippen LogP contribution is 2.38. The lowest BCUT2D eigenvalue weighted by Crippen LogP contribution is -2.18. The van der Waals surface area contributed by atoms with Gasteiger partial charge in [-0.25, -0.2) is 0 Å². The van der Waals surface area contributed by atoms with E-state index in [0.29, 0.717) is 31.1 Å². The van der Waals surface area contributed by atoms with Crippen LogP contribution in [0.2, 0.25) is 5.02 Å². The summed E-state index contributed by atoms with van der Waals surface area (Å²) < 4.78 is 50.1. The molecule has 0 saturated heterocycles. The van der Waals surface area contributed by atoms with Gasteiger partial charge in [0, 0.05) is 18.6 Å². The molecule has 1 heterocycles. The number of hydrogen-bond donors (Lipinski definition) is 1. The SMILES string of the molecule is O=C(Nc1cc2c(cc1Cl)OCCCO2)c1ccccc1C(F)(F)F. The predicted molar refractivity (Wildman–Crippen MR) is 86.5 cm³/mol. The Morgan fingerprint density at radius 2 is 1.72 bits per heavy atom. The molecule has 2 aromatic carbocycles. The summed E-state index contributed by atoms with van der Waals surface area (Å²) in [5, 5.41) is 2.54. The van der Waals surface area contributed by atoms with Crippen molar-refractivity contribution >= 4 is 23.2 Å². The van der Waals surface area contributed by atoms with Gasteiger partial charge in [0.05, 0.1) is 35.1 Å². The summed E-state index contributed by atoms with van der Waals surface area (Å²) in [5.74, 6) is -0.109. The summed E-state index contributed by atoms with van der Waals surface area (Å²) in [6, 6.07) is 7.45. The van der Waals surface area contributed by atoms with E-state index in [9.17, 15) is 18.0 Å². The van der Waals surface area contributed by atoms with Gasteiger partial charge >= 0.3 is 6.18 Å². The molecule has 0 aliphatic carbocycles. The van der Waals surface area contributed by atoms with Crippen LogP contribution in [0, 0.1) is 0 Å². The van der Waals surface area contributed by atoms with Gasteiger partial charge in [-0.1, -0.05) is 23.7 Å². The Morgan fingerprint density at radius 3 is 2.40 bits per heavy atom. The molecular formula is C17H13ClF3NO3. The number of amides is 1. The quantitative estimate of drug-likeness (QED) is 0.827. The molecule has 1 aliphatic heterocycles. The van der Waals surface area contributed by atoms with E-state index >= 15 is 0 Å². The Bertz CT molecular complexity index is 808. The van der Waals surface area contributed by atoms with E-state index < -0.39 is 23.2 Å². The maximum Gasteiger partial charge on any atom is 0.417 e. The second-order valence-electron chi connectivity index (χ2n) is 5.33. The number of carbonyl (C=O) groups excluding carboxylic acids is 1. The van der Waals surface area contributed by atoms with Crippen molar-refractivity contribution in [3.8, 4) is 11.5 Å². The second-order valence-corrected chi connectivity index (χ2v) is 5.73. The first-order chi connectivity index (χ1) is 11.9. The number of hydrogen-bond acceptors (Lipinski definition) is 3. The van der Waals surface area contributed by atoms with Crippen LogP contribution in [0.25, 0.3) is 0 Å². The molecular weight excluding hydrogens is 359 g/mol. The van der Waals surface area contributed by atoms with Crippen LogP contribution in [-0.2, 0) is 6.18 Å². The van der Waals surface area contributed by atoms with Crippen molar-refractivity contribution in [1.29, 1.82) is 0 Å². The molecule has 2 aromatic rings. The Labute approximate surface area is 146 Å². The highest BCUT2D eigenvalue weighted by atomic mass is 35.5. The lowest BCUT2D eigenvalue weighted by Gasteiger charge is -2.15. The first kappa shape index (κ1) is 17.4. The van der Waals surface area contributed by atoms with Crippen LogP contribution in [-0.4, -0.2) is 19.1 Å². The van der Waals surface area contributed by atoms with Crippen molar-refractivity contribution in [1.82, 2.24) is 0 Å². The van der Waals surface area contributed by atoms with E-state index in [1.807, 2.05) is 0 Å². The van der Waals surface area contributed by atoms with Gasteiger partial charge in [0.25, 0.3) is 5.91 Å². The van der Waals surface area contributed by atoms with Gasteiger partial charge in [0.2, 0.25) is 0 Å². The molecule has 4 nitrogen and oxygen atoms in total. The number of benzene rings is 2. The summed E-state index contributed by atoms with van der Waals surface area (Å²) in [5.41, 5.74) is -1.36. The average Bonchev–Trinajstić information content (AvgIpc) is 2.79. The van der Waals surface area contributed by atoms with E-state index in [1.54, 1.807) is 0 Å². The molecule has 0 spiro atoms. The molecule has 8 heteroatoms. The molecule has 0 atom stereocenters. The summed E-state index contributed by atoms with van der Waals surface area (Å²) in [6.07, 6.45) is -3.95. The third-order valence-electron chi connectivity index (χ3n) is 3.56. The highest BCUT2D eigenvalue weighted by molar-refractivity contribution is 6.34. The van der Waals surface area contributed by atoms with Crippen LogP contribution in [0.5, 0.6) is 11.5 Å². The molecule has 1 amide bonds. The van der Waals surface area contributed by atoms with Gasteiger partial charge in [-0.05, 0) is 12.1 Å². The largest absolute Gasteiger partial charge is 0.490 e. The minimum atomic E-state index is -4.64. The van der Waals surface area contributed by atoms with Gasteiger partial charge in [-0.3, -0.25) is 4.79 Å². The minimum Gasteiger partial charge on any atom is -0.490 e. The maximum atomic E-state index is 13.1. The molecule has 25 heavy (non-hydrogen) atoms. The first-order valence-corrected chi connectivity index (χ1v) is 7.81. The monoisotopic (exact) mass is 371 g/mol. The number of ether oxygens (including phenoxy) is 2. The zero-order chi connectivity index (χ0) is 18.0. The van der Waals surface area contributed by atoms with Crippen molar-refractivity contribution in [3.05, 3.63) is 52.5 Å². The zero-order valence-corrected chi connectivity index (χ0v) is 13.6. The number of anilines is 1. The number of alkyl halides is 3. The van der Waals surface area contributed by atoms with Gasteiger partial charge in [-0.15, -0.1) is 0 Å². The van der Waals surface area contributed by atoms with Gasteiger partial charge in [-0.2, -0.15) is 13.2 Å². The molecule has 0 aromatic heterocycles. The second kappa shape index (κ2) is 6.84. The third kappa shape index (κ3) is 3.82. The standard InChI is InChI=1S/C17H13ClF3NO3/c18-12-8-14-15(25-7-3-6-24-14)9-13(12)22-16(23)10-4-1-2-5-11(10)17(19,20)21/h1-2,4-5,8-9H,3,6-7H2,(H,22,23). The minimum absolute atomic E-state index is 0.141. The fourth-order valence-corrected chi connectivity index (χ4v) is 2.60. The Hall–Kier alpha value is -2.41. The first-order valence-electron chi connectivity index (χ1n) is 7.43. The fourth-order valence-electron chi connectivity index (χ4n) is 2.40. The number of rotatable bonds is 2. The molecule has 1 N–H and O–H groups in total. The van der Waals surface area contributed by atoms with Gasteiger partial charge < -0.3 is 14.8 Å². The summed E-state index contributed by atoms with van der Waals surface area (Å²) in [7, 11) is 0. The van der Waals surface area contributed by atoms with Crippen LogP contribution in [0.1, 0.15) is 22.3 Å². The lowest BCUT2D eigenvalue weighted by atomic mass is 10.1. The smallest absolute Gasteiger partial charge is 0.417 e. The van der Waals surface area contributed by atoms with Crippen LogP contribution in [0.3, 0.4) is 0 Å². The fraction of sp³-hybridized carbons (Fsp3) is 0.235. The van der Waals surface area contributed by atoms with Crippen LogP contribution in [0.15, 0.2) is 36.4 Å². The predicted octanol–water partition coefficient (Wildman–Crippen LogP) is 4.77. The van der Waals surface area contributed by atoms with E-state index in [2.05, 4.69) is 5.32 Å². The Balaban J connectivity index is 1.91. The molecule has 0 fully saturated rings. The number of halogens is 4. The Kier molecular flexibility index (Phi) is 4.76. The van der Waals surface area contributed by atoms with Crippen molar-refractivity contribution in [2.24, 2.45) is 0 Å². The zero-order valence-electron chi connectivity index (χ0n) is 12.8. The molecule has 132 valence electrons. The van der Waals surface area contributed by atoms with Crippen LogP contribution < -0.4 is 14.8 Å².